The van der Waals surface area contributed by atoms with Crippen molar-refractivity contribution in [2.24, 2.45) is 5.41 Å². The minimum Gasteiger partial charge on any atom is -0.481 e. The molecule has 1 aromatic heterocycles. The maximum absolute atomic E-state index is 13.0. The predicted octanol–water partition coefficient (Wildman–Crippen LogP) is 3.41. The first-order valence-electron chi connectivity index (χ1n) is 7.77. The van der Waals surface area contributed by atoms with E-state index in [1.54, 1.807) is 31.2 Å². The second-order valence-electron chi connectivity index (χ2n) is 6.37. The molecule has 0 aliphatic carbocycles. The standard InChI is InChI=1S/C18H18FNO4/c1-18(17(22)23)9-2-10-20(11-18)16(21)15-8-7-14(24-15)12-3-5-13(19)6-4-12/h3-8H,2,9-11H2,1H3,(H,22,23). The Morgan fingerprint density at radius 2 is 1.92 bits per heavy atom. The smallest absolute Gasteiger partial charge is 0.311 e. The van der Waals surface area contributed by atoms with E-state index in [0.717, 1.165) is 0 Å². The molecule has 1 atom stereocenters. The Balaban J connectivity index is 1.78. The number of carboxylic acids is 1. The van der Waals surface area contributed by atoms with Gasteiger partial charge in [0, 0.05) is 18.7 Å². The van der Waals surface area contributed by atoms with Crippen LogP contribution >= 0.6 is 0 Å². The molecule has 1 aliphatic heterocycles. The summed E-state index contributed by atoms with van der Waals surface area (Å²) in [5.41, 5.74) is -0.259. The van der Waals surface area contributed by atoms with Crippen molar-refractivity contribution in [3.8, 4) is 11.3 Å². The number of rotatable bonds is 3. The first kappa shape index (κ1) is 16.2. The highest BCUT2D eigenvalue weighted by Crippen LogP contribution is 2.31. The van der Waals surface area contributed by atoms with Gasteiger partial charge in [0.2, 0.25) is 0 Å². The molecular formula is C18H18FNO4. The van der Waals surface area contributed by atoms with Crippen molar-refractivity contribution >= 4 is 11.9 Å². The van der Waals surface area contributed by atoms with E-state index in [-0.39, 0.29) is 24.0 Å². The highest BCUT2D eigenvalue weighted by molar-refractivity contribution is 5.92. The van der Waals surface area contributed by atoms with Crippen molar-refractivity contribution < 1.29 is 23.5 Å². The molecule has 0 bridgehead atoms. The zero-order chi connectivity index (χ0) is 17.3. The number of furan rings is 1. The highest BCUT2D eigenvalue weighted by Gasteiger charge is 2.40. The highest BCUT2D eigenvalue weighted by atomic mass is 19.1. The van der Waals surface area contributed by atoms with Crippen LogP contribution in [0.2, 0.25) is 0 Å². The Morgan fingerprint density at radius 1 is 1.21 bits per heavy atom. The molecule has 0 spiro atoms. The maximum Gasteiger partial charge on any atom is 0.311 e. The minimum atomic E-state index is -0.930. The van der Waals surface area contributed by atoms with Crippen LogP contribution in [0.25, 0.3) is 11.3 Å². The van der Waals surface area contributed by atoms with Crippen molar-refractivity contribution in [1.82, 2.24) is 4.90 Å². The van der Waals surface area contributed by atoms with Crippen LogP contribution in [0.15, 0.2) is 40.8 Å². The van der Waals surface area contributed by atoms with Crippen LogP contribution in [0.1, 0.15) is 30.3 Å². The predicted molar refractivity (Wildman–Crippen MR) is 85.0 cm³/mol. The lowest BCUT2D eigenvalue weighted by Gasteiger charge is -2.37. The fourth-order valence-electron chi connectivity index (χ4n) is 2.97. The molecule has 2 heterocycles. The topological polar surface area (TPSA) is 70.8 Å². The first-order chi connectivity index (χ1) is 11.4. The second kappa shape index (κ2) is 6.11. The number of amides is 1. The summed E-state index contributed by atoms with van der Waals surface area (Å²) in [6.07, 6.45) is 1.19. The maximum atomic E-state index is 13.0. The van der Waals surface area contributed by atoms with E-state index in [4.69, 9.17) is 4.42 Å². The van der Waals surface area contributed by atoms with Crippen molar-refractivity contribution in [1.29, 1.82) is 0 Å². The number of hydrogen-bond donors (Lipinski definition) is 1. The van der Waals surface area contributed by atoms with Gasteiger partial charge in [0.25, 0.3) is 5.91 Å². The number of benzene rings is 1. The third-order valence-corrected chi connectivity index (χ3v) is 4.45. The molecule has 2 aromatic rings. The molecule has 3 rings (SSSR count). The van der Waals surface area contributed by atoms with Crippen LogP contribution in [0.3, 0.4) is 0 Å². The lowest BCUT2D eigenvalue weighted by atomic mass is 9.82. The number of likely N-dealkylation sites (tertiary alicyclic amines) is 1. The molecule has 6 heteroatoms. The molecule has 5 nitrogen and oxygen atoms in total. The van der Waals surface area contributed by atoms with Gasteiger partial charge in [-0.3, -0.25) is 9.59 Å². The van der Waals surface area contributed by atoms with Gasteiger partial charge in [0.15, 0.2) is 5.76 Å². The van der Waals surface area contributed by atoms with Gasteiger partial charge in [0.05, 0.1) is 5.41 Å². The van der Waals surface area contributed by atoms with Gasteiger partial charge in [0.1, 0.15) is 11.6 Å². The van der Waals surface area contributed by atoms with Crippen molar-refractivity contribution in [3.05, 3.63) is 48.0 Å². The SMILES string of the molecule is CC1(C(=O)O)CCCN(C(=O)c2ccc(-c3ccc(F)cc3)o2)C1. The fraction of sp³-hybridized carbons (Fsp3) is 0.333. The van der Waals surface area contributed by atoms with Gasteiger partial charge in [-0.25, -0.2) is 4.39 Å². The quantitative estimate of drug-likeness (QED) is 0.935. The van der Waals surface area contributed by atoms with Crippen molar-refractivity contribution in [3.63, 3.8) is 0 Å². The summed E-state index contributed by atoms with van der Waals surface area (Å²) in [6, 6.07) is 9.01. The summed E-state index contributed by atoms with van der Waals surface area (Å²) < 4.78 is 18.6. The monoisotopic (exact) mass is 331 g/mol. The van der Waals surface area contributed by atoms with Crippen LogP contribution in [-0.4, -0.2) is 35.0 Å². The summed E-state index contributed by atoms with van der Waals surface area (Å²) in [5.74, 6) is -0.940. The Hall–Kier alpha value is -2.63. The number of carboxylic acid groups (broad SMARTS) is 1. The average molecular weight is 331 g/mol. The zero-order valence-corrected chi connectivity index (χ0v) is 13.3. The Labute approximate surface area is 138 Å². The molecule has 1 saturated heterocycles. The summed E-state index contributed by atoms with van der Waals surface area (Å²) in [6.45, 7) is 2.32. The Morgan fingerprint density at radius 3 is 2.58 bits per heavy atom. The summed E-state index contributed by atoms with van der Waals surface area (Å²) >= 11 is 0. The van der Waals surface area contributed by atoms with Crippen molar-refractivity contribution in [2.45, 2.75) is 19.8 Å². The summed E-state index contributed by atoms with van der Waals surface area (Å²) in [7, 11) is 0. The van der Waals surface area contributed by atoms with Crippen LogP contribution in [-0.2, 0) is 4.79 Å². The molecule has 126 valence electrons. The van der Waals surface area contributed by atoms with Crippen molar-refractivity contribution in [2.75, 3.05) is 13.1 Å². The van der Waals surface area contributed by atoms with E-state index in [0.29, 0.717) is 30.7 Å². The van der Waals surface area contributed by atoms with Crippen LogP contribution in [0.4, 0.5) is 4.39 Å². The van der Waals surface area contributed by atoms with Gasteiger partial charge in [-0.15, -0.1) is 0 Å². The van der Waals surface area contributed by atoms with Gasteiger partial charge < -0.3 is 14.4 Å². The number of hydrogen-bond acceptors (Lipinski definition) is 3. The molecule has 1 amide bonds. The molecular weight excluding hydrogens is 313 g/mol. The Kier molecular flexibility index (Phi) is 4.13. The van der Waals surface area contributed by atoms with Crippen LogP contribution in [0.5, 0.6) is 0 Å². The minimum absolute atomic E-state index is 0.156. The van der Waals surface area contributed by atoms with E-state index in [1.165, 1.54) is 17.0 Å². The first-order valence-corrected chi connectivity index (χ1v) is 7.77. The summed E-state index contributed by atoms with van der Waals surface area (Å²) in [5, 5.41) is 9.35. The fourth-order valence-corrected chi connectivity index (χ4v) is 2.97. The summed E-state index contributed by atoms with van der Waals surface area (Å²) in [4.78, 5) is 25.5. The van der Waals surface area contributed by atoms with E-state index in [2.05, 4.69) is 0 Å². The number of aliphatic carboxylic acids is 1. The van der Waals surface area contributed by atoms with Crippen LogP contribution in [0, 0.1) is 11.2 Å². The van der Waals surface area contributed by atoms with Gasteiger partial charge in [-0.2, -0.15) is 0 Å². The third kappa shape index (κ3) is 3.04. The molecule has 0 saturated carbocycles. The molecule has 0 radical (unpaired) electrons. The van der Waals surface area contributed by atoms with E-state index in [9.17, 15) is 19.1 Å². The number of halogens is 1. The second-order valence-corrected chi connectivity index (χ2v) is 6.37. The average Bonchev–Trinajstić information content (AvgIpc) is 3.04. The van der Waals surface area contributed by atoms with Crippen LogP contribution < -0.4 is 0 Å². The molecule has 1 aliphatic rings. The van der Waals surface area contributed by atoms with E-state index in [1.807, 2.05) is 0 Å². The lowest BCUT2D eigenvalue weighted by Crippen LogP contribution is -2.48. The number of piperidine rings is 1. The molecule has 1 fully saturated rings. The Bertz CT molecular complexity index is 768. The molecule has 24 heavy (non-hydrogen) atoms. The molecule has 1 unspecified atom stereocenters. The number of nitrogens with zero attached hydrogens (tertiary/aromatic N) is 1. The number of carbonyl (C=O) groups is 2. The lowest BCUT2D eigenvalue weighted by molar-refractivity contribution is -0.150. The normalized spacial score (nSPS) is 20.8. The molecule has 1 aromatic carbocycles. The van der Waals surface area contributed by atoms with Gasteiger partial charge in [-0.1, -0.05) is 0 Å². The van der Waals surface area contributed by atoms with Gasteiger partial charge >= 0.3 is 5.97 Å². The zero-order valence-electron chi connectivity index (χ0n) is 13.3. The third-order valence-electron chi connectivity index (χ3n) is 4.45. The van der Waals surface area contributed by atoms with E-state index < -0.39 is 11.4 Å². The largest absolute Gasteiger partial charge is 0.481 e. The van der Waals surface area contributed by atoms with Gasteiger partial charge in [-0.05, 0) is 56.2 Å². The van der Waals surface area contributed by atoms with E-state index >= 15 is 0 Å². The molecule has 1 N–H and O–H groups in total. The number of carbonyl (C=O) groups excluding carboxylic acids is 1.